The van der Waals surface area contributed by atoms with Crippen LogP contribution in [0.3, 0.4) is 0 Å². The zero-order valence-corrected chi connectivity index (χ0v) is 12.5. The van der Waals surface area contributed by atoms with Gasteiger partial charge in [-0.3, -0.25) is 4.79 Å². The molecule has 1 amide bonds. The third-order valence-electron chi connectivity index (χ3n) is 3.77. The Kier molecular flexibility index (Phi) is 3.79. The highest BCUT2D eigenvalue weighted by Crippen LogP contribution is 2.18. The van der Waals surface area contributed by atoms with Crippen molar-refractivity contribution in [3.05, 3.63) is 30.2 Å². The number of nitrogens with zero attached hydrogens (tertiary/aromatic N) is 4. The van der Waals surface area contributed by atoms with Crippen LogP contribution in [-0.4, -0.2) is 64.9 Å². The van der Waals surface area contributed by atoms with Crippen molar-refractivity contribution in [1.29, 1.82) is 0 Å². The first-order chi connectivity index (χ1) is 10.1. The number of carbonyl (C=O) groups is 1. The molecule has 2 aromatic heterocycles. The number of likely N-dealkylation sites (N-methyl/N-ethyl adjacent to an activating group) is 1. The van der Waals surface area contributed by atoms with E-state index in [1.807, 2.05) is 40.8 Å². The van der Waals surface area contributed by atoms with Crippen LogP contribution in [0.2, 0.25) is 0 Å². The lowest BCUT2D eigenvalue weighted by molar-refractivity contribution is -0.134. The van der Waals surface area contributed by atoms with Gasteiger partial charge in [0.25, 0.3) is 5.91 Å². The van der Waals surface area contributed by atoms with Gasteiger partial charge in [-0.15, -0.1) is 0 Å². The average molecular weight is 288 g/mol. The Morgan fingerprint density at radius 2 is 2.10 bits per heavy atom. The van der Waals surface area contributed by atoms with Gasteiger partial charge in [-0.1, -0.05) is 0 Å². The highest BCUT2D eigenvalue weighted by atomic mass is 16.5. The maximum atomic E-state index is 12.2. The highest BCUT2D eigenvalue weighted by Gasteiger charge is 2.19. The molecule has 0 bridgehead atoms. The van der Waals surface area contributed by atoms with E-state index in [1.54, 1.807) is 0 Å². The second-order valence-electron chi connectivity index (χ2n) is 5.46. The first-order valence-electron chi connectivity index (χ1n) is 7.17. The number of rotatable bonds is 3. The molecule has 0 aromatic carbocycles. The molecule has 112 valence electrons. The quantitative estimate of drug-likeness (QED) is 0.838. The van der Waals surface area contributed by atoms with Crippen LogP contribution in [-0.2, 0) is 4.79 Å². The molecule has 0 radical (unpaired) electrons. The van der Waals surface area contributed by atoms with Crippen molar-refractivity contribution in [2.45, 2.75) is 6.92 Å². The Labute approximate surface area is 123 Å². The van der Waals surface area contributed by atoms with Crippen molar-refractivity contribution in [3.63, 3.8) is 0 Å². The molecule has 0 aliphatic carbocycles. The lowest BCUT2D eigenvalue weighted by atomic mass is 10.3. The summed E-state index contributed by atoms with van der Waals surface area (Å²) in [6, 6.07) is 3.74. The molecule has 1 fully saturated rings. The number of imidazole rings is 1. The fourth-order valence-electron chi connectivity index (χ4n) is 2.51. The highest BCUT2D eigenvalue weighted by molar-refractivity contribution is 5.78. The van der Waals surface area contributed by atoms with Crippen LogP contribution in [0.4, 0.5) is 0 Å². The average Bonchev–Trinajstić information content (AvgIpc) is 2.86. The molecule has 0 atom stereocenters. The van der Waals surface area contributed by atoms with Crippen molar-refractivity contribution < 1.29 is 9.53 Å². The predicted molar refractivity (Wildman–Crippen MR) is 79.5 cm³/mol. The minimum absolute atomic E-state index is 0.0355. The summed E-state index contributed by atoms with van der Waals surface area (Å²) in [6.07, 6.45) is 3.86. The Morgan fingerprint density at radius 1 is 1.33 bits per heavy atom. The molecule has 3 heterocycles. The number of hydrogen-bond donors (Lipinski definition) is 0. The molecule has 1 aliphatic heterocycles. The Hall–Kier alpha value is -2.08. The van der Waals surface area contributed by atoms with Crippen molar-refractivity contribution in [3.8, 4) is 5.75 Å². The third kappa shape index (κ3) is 3.00. The number of hydrogen-bond acceptors (Lipinski definition) is 4. The molecule has 0 spiro atoms. The molecule has 6 nitrogen and oxygen atoms in total. The monoisotopic (exact) mass is 288 g/mol. The van der Waals surface area contributed by atoms with E-state index in [0.717, 1.165) is 37.5 Å². The van der Waals surface area contributed by atoms with Gasteiger partial charge in [0.2, 0.25) is 0 Å². The lowest BCUT2D eigenvalue weighted by Gasteiger charge is -2.32. The number of aromatic nitrogens is 2. The predicted octanol–water partition coefficient (Wildman–Crippen LogP) is 0.796. The number of amides is 1. The van der Waals surface area contributed by atoms with Gasteiger partial charge < -0.3 is 18.9 Å². The minimum atomic E-state index is 0.0355. The Bertz CT molecular complexity index is 644. The van der Waals surface area contributed by atoms with Crippen LogP contribution >= 0.6 is 0 Å². The molecular formula is C15H20N4O2. The van der Waals surface area contributed by atoms with E-state index in [1.165, 1.54) is 0 Å². The van der Waals surface area contributed by atoms with E-state index in [4.69, 9.17) is 4.74 Å². The zero-order valence-electron chi connectivity index (χ0n) is 12.5. The van der Waals surface area contributed by atoms with Gasteiger partial charge in [0.15, 0.2) is 18.0 Å². The molecule has 0 saturated carbocycles. The number of pyridine rings is 1. The summed E-state index contributed by atoms with van der Waals surface area (Å²) in [5.41, 5.74) is 1.68. The van der Waals surface area contributed by atoms with E-state index < -0.39 is 0 Å². The molecular weight excluding hydrogens is 268 g/mol. The van der Waals surface area contributed by atoms with Crippen LogP contribution in [0.5, 0.6) is 5.75 Å². The van der Waals surface area contributed by atoms with Gasteiger partial charge in [0.1, 0.15) is 0 Å². The first kappa shape index (κ1) is 13.9. The molecule has 21 heavy (non-hydrogen) atoms. The maximum absolute atomic E-state index is 12.2. The van der Waals surface area contributed by atoms with Crippen LogP contribution in [0, 0.1) is 6.92 Å². The van der Waals surface area contributed by atoms with Crippen molar-refractivity contribution >= 4 is 11.6 Å². The van der Waals surface area contributed by atoms with Gasteiger partial charge in [0.05, 0.1) is 5.69 Å². The largest absolute Gasteiger partial charge is 0.480 e. The topological polar surface area (TPSA) is 50.1 Å². The van der Waals surface area contributed by atoms with Crippen LogP contribution in [0.25, 0.3) is 5.65 Å². The summed E-state index contributed by atoms with van der Waals surface area (Å²) < 4.78 is 7.59. The fraction of sp³-hybridized carbons (Fsp3) is 0.467. The number of piperazine rings is 1. The van der Waals surface area contributed by atoms with Crippen molar-refractivity contribution in [2.75, 3.05) is 39.8 Å². The zero-order chi connectivity index (χ0) is 14.8. The molecule has 1 saturated heterocycles. The normalized spacial score (nSPS) is 16.4. The van der Waals surface area contributed by atoms with E-state index in [-0.39, 0.29) is 12.5 Å². The van der Waals surface area contributed by atoms with Gasteiger partial charge >= 0.3 is 0 Å². The van der Waals surface area contributed by atoms with Crippen molar-refractivity contribution in [2.24, 2.45) is 0 Å². The van der Waals surface area contributed by atoms with Gasteiger partial charge in [-0.25, -0.2) is 4.98 Å². The Morgan fingerprint density at radius 3 is 2.86 bits per heavy atom. The molecule has 3 rings (SSSR count). The van der Waals surface area contributed by atoms with Crippen LogP contribution in [0.1, 0.15) is 5.69 Å². The number of carbonyl (C=O) groups excluding carboxylic acids is 1. The van der Waals surface area contributed by atoms with E-state index in [0.29, 0.717) is 5.75 Å². The SMILES string of the molecule is Cc1cn2cccc(OCC(=O)N3CCN(C)CC3)c2n1. The fourth-order valence-corrected chi connectivity index (χ4v) is 2.51. The van der Waals surface area contributed by atoms with Crippen LogP contribution < -0.4 is 4.74 Å². The van der Waals surface area contributed by atoms with Gasteiger partial charge in [0, 0.05) is 38.6 Å². The summed E-state index contributed by atoms with van der Waals surface area (Å²) in [6.45, 7) is 5.37. The number of fused-ring (bicyclic) bond motifs is 1. The maximum Gasteiger partial charge on any atom is 0.260 e. The van der Waals surface area contributed by atoms with Gasteiger partial charge in [-0.05, 0) is 26.1 Å². The number of aryl methyl sites for hydroxylation is 1. The lowest BCUT2D eigenvalue weighted by Crippen LogP contribution is -2.48. The number of ether oxygens (including phenoxy) is 1. The smallest absolute Gasteiger partial charge is 0.260 e. The molecule has 1 aliphatic rings. The Balaban J connectivity index is 1.65. The minimum Gasteiger partial charge on any atom is -0.480 e. The molecule has 0 unspecified atom stereocenters. The third-order valence-corrected chi connectivity index (χ3v) is 3.77. The van der Waals surface area contributed by atoms with Gasteiger partial charge in [-0.2, -0.15) is 0 Å². The summed E-state index contributed by atoms with van der Waals surface area (Å²) >= 11 is 0. The van der Waals surface area contributed by atoms with Crippen LogP contribution in [0.15, 0.2) is 24.5 Å². The summed E-state index contributed by atoms with van der Waals surface area (Å²) in [5.74, 6) is 0.682. The second-order valence-corrected chi connectivity index (χ2v) is 5.46. The molecule has 0 N–H and O–H groups in total. The van der Waals surface area contributed by atoms with E-state index in [9.17, 15) is 4.79 Å². The second kappa shape index (κ2) is 5.73. The first-order valence-corrected chi connectivity index (χ1v) is 7.17. The van der Waals surface area contributed by atoms with E-state index in [2.05, 4.69) is 16.9 Å². The summed E-state index contributed by atoms with van der Waals surface area (Å²) in [4.78, 5) is 20.7. The molecule has 6 heteroatoms. The summed E-state index contributed by atoms with van der Waals surface area (Å²) in [7, 11) is 2.07. The van der Waals surface area contributed by atoms with Crippen molar-refractivity contribution in [1.82, 2.24) is 19.2 Å². The van der Waals surface area contributed by atoms with E-state index >= 15 is 0 Å². The molecule has 2 aromatic rings. The standard InChI is InChI=1S/C15H20N4O2/c1-12-10-19-5-3-4-13(15(19)16-12)21-11-14(20)18-8-6-17(2)7-9-18/h3-5,10H,6-9,11H2,1-2H3. The summed E-state index contributed by atoms with van der Waals surface area (Å²) in [5, 5.41) is 0.